The van der Waals surface area contributed by atoms with Gasteiger partial charge in [0.25, 0.3) is 0 Å². The van der Waals surface area contributed by atoms with E-state index >= 15 is 0 Å². The Labute approximate surface area is 229 Å². The van der Waals surface area contributed by atoms with Crippen LogP contribution in [0.15, 0.2) is 29.2 Å². The van der Waals surface area contributed by atoms with E-state index in [0.29, 0.717) is 18.2 Å². The first kappa shape index (κ1) is 29.4. The molecule has 3 saturated heterocycles. The van der Waals surface area contributed by atoms with Gasteiger partial charge in [-0.1, -0.05) is 31.4 Å². The summed E-state index contributed by atoms with van der Waals surface area (Å²) >= 11 is 1.95. The van der Waals surface area contributed by atoms with Crippen molar-refractivity contribution in [3.8, 4) is 0 Å². The van der Waals surface area contributed by atoms with Gasteiger partial charge in [-0.15, -0.1) is 11.8 Å². The van der Waals surface area contributed by atoms with Gasteiger partial charge in [0.1, 0.15) is 5.54 Å². The number of esters is 1. The fourth-order valence-corrected chi connectivity index (χ4v) is 7.87. The van der Waals surface area contributed by atoms with Crippen LogP contribution in [0, 0.1) is 11.8 Å². The van der Waals surface area contributed by atoms with Crippen LogP contribution < -0.4 is 0 Å². The van der Waals surface area contributed by atoms with Gasteiger partial charge in [0.15, 0.2) is 0 Å². The number of halogens is 3. The summed E-state index contributed by atoms with van der Waals surface area (Å²) in [6, 6.07) is 8.22. The number of carbonyl (C=O) groups excluding carboxylic acids is 3. The number of imide groups is 1. The smallest absolute Gasteiger partial charge is 0.475 e. The van der Waals surface area contributed by atoms with Gasteiger partial charge in [-0.05, 0) is 56.3 Å². The standard InChI is InChI=1S/C25H32N2O4S.C2HF3O2/c1-26-22(28)19-20(23(26)29)25(24(30)31-2)14-6-7-15-27(25)21(19)16-10-12-18(13-11-16)32-17-8-4-3-5-9-17;3-2(4,5)1(6)7/h10-13,17,19-21H,3-9,14-15H2,1-2H3;(H,6,7)/t19-,20-,21+,25-;/m0./s1. The minimum atomic E-state index is -5.08. The van der Waals surface area contributed by atoms with E-state index in [1.54, 1.807) is 7.05 Å². The van der Waals surface area contributed by atoms with E-state index in [1.807, 2.05) is 11.8 Å². The third-order valence-electron chi connectivity index (χ3n) is 8.34. The molecule has 1 aromatic rings. The number of piperidine rings is 1. The monoisotopic (exact) mass is 570 g/mol. The predicted molar refractivity (Wildman–Crippen MR) is 136 cm³/mol. The van der Waals surface area contributed by atoms with E-state index < -0.39 is 29.5 Å². The highest BCUT2D eigenvalue weighted by Gasteiger charge is 2.72. The topological polar surface area (TPSA) is 104 Å². The summed E-state index contributed by atoms with van der Waals surface area (Å²) in [5.41, 5.74) is -0.0351. The number of carboxylic acids is 1. The van der Waals surface area contributed by atoms with Crippen LogP contribution in [0.3, 0.4) is 0 Å². The van der Waals surface area contributed by atoms with Crippen LogP contribution in [-0.2, 0) is 23.9 Å². The van der Waals surface area contributed by atoms with Crippen molar-refractivity contribution in [2.75, 3.05) is 20.7 Å². The summed E-state index contributed by atoms with van der Waals surface area (Å²) < 4.78 is 37.0. The molecule has 0 aromatic heterocycles. The Hall–Kier alpha value is -2.60. The zero-order chi connectivity index (χ0) is 28.5. The molecule has 0 unspecified atom stereocenters. The maximum absolute atomic E-state index is 13.2. The van der Waals surface area contributed by atoms with Crippen LogP contribution in [0.5, 0.6) is 0 Å². The number of benzene rings is 1. The summed E-state index contributed by atoms with van der Waals surface area (Å²) in [5, 5.41) is 7.81. The largest absolute Gasteiger partial charge is 0.490 e. The van der Waals surface area contributed by atoms with Gasteiger partial charge >= 0.3 is 18.1 Å². The first-order chi connectivity index (χ1) is 18.4. The summed E-state index contributed by atoms with van der Waals surface area (Å²) in [5.74, 6) is -4.77. The normalized spacial score (nSPS) is 29.4. The van der Waals surface area contributed by atoms with Gasteiger partial charge in [-0.3, -0.25) is 24.2 Å². The van der Waals surface area contributed by atoms with Gasteiger partial charge in [0, 0.05) is 23.2 Å². The van der Waals surface area contributed by atoms with E-state index in [9.17, 15) is 27.6 Å². The number of aliphatic carboxylic acids is 1. The lowest BCUT2D eigenvalue weighted by atomic mass is 9.75. The predicted octanol–water partition coefficient (Wildman–Crippen LogP) is 4.43. The number of likely N-dealkylation sites (tertiary alicyclic amines) is 1. The molecule has 0 radical (unpaired) electrons. The van der Waals surface area contributed by atoms with Gasteiger partial charge in [0.2, 0.25) is 11.8 Å². The SMILES string of the molecule is COC(=O)[C@@]12CCCCN1[C@H](c1ccc(SC3CCCCC3)cc1)[C@H]1C(=O)N(C)C(=O)[C@H]12.O=C(O)C(F)(F)F. The van der Waals surface area contributed by atoms with Crippen LogP contribution >= 0.6 is 11.8 Å². The zero-order valence-electron chi connectivity index (χ0n) is 21.9. The maximum Gasteiger partial charge on any atom is 0.490 e. The molecule has 1 aliphatic carbocycles. The van der Waals surface area contributed by atoms with E-state index in [2.05, 4.69) is 29.2 Å². The second-order valence-electron chi connectivity index (χ2n) is 10.5. The summed E-state index contributed by atoms with van der Waals surface area (Å²) in [6.45, 7) is 0.690. The molecule has 5 rings (SSSR count). The molecule has 0 bridgehead atoms. The number of thioether (sulfide) groups is 1. The average molecular weight is 571 g/mol. The minimum absolute atomic E-state index is 0.177. The molecule has 214 valence electrons. The number of carbonyl (C=O) groups is 4. The lowest BCUT2D eigenvalue weighted by Gasteiger charge is -2.44. The average Bonchev–Trinajstić information content (AvgIpc) is 3.35. The first-order valence-corrected chi connectivity index (χ1v) is 14.0. The van der Waals surface area contributed by atoms with Crippen molar-refractivity contribution in [2.24, 2.45) is 11.8 Å². The fraction of sp³-hybridized carbons (Fsp3) is 0.630. The van der Waals surface area contributed by atoms with Gasteiger partial charge in [0.05, 0.1) is 18.9 Å². The Morgan fingerprint density at radius 3 is 2.21 bits per heavy atom. The second kappa shape index (κ2) is 11.5. The zero-order valence-corrected chi connectivity index (χ0v) is 22.7. The third-order valence-corrected chi connectivity index (χ3v) is 9.69. The summed E-state index contributed by atoms with van der Waals surface area (Å²) in [6.07, 6.45) is 3.80. The van der Waals surface area contributed by atoms with E-state index in [1.165, 1.54) is 49.0 Å². The number of fused-ring (bicyclic) bond motifs is 3. The molecule has 4 fully saturated rings. The van der Waals surface area contributed by atoms with Crippen molar-refractivity contribution in [1.82, 2.24) is 9.80 Å². The number of hydrogen-bond acceptors (Lipinski definition) is 7. The molecule has 2 amide bonds. The van der Waals surface area contributed by atoms with E-state index in [-0.39, 0.29) is 23.8 Å². The van der Waals surface area contributed by atoms with E-state index in [4.69, 9.17) is 14.6 Å². The molecule has 3 heterocycles. The Morgan fingerprint density at radius 1 is 1.03 bits per heavy atom. The molecule has 1 aromatic carbocycles. The van der Waals surface area contributed by atoms with Gasteiger partial charge in [-0.25, -0.2) is 4.79 Å². The van der Waals surface area contributed by atoms with Crippen LogP contribution in [-0.4, -0.2) is 76.3 Å². The number of rotatable bonds is 4. The molecule has 39 heavy (non-hydrogen) atoms. The van der Waals surface area contributed by atoms with Crippen molar-refractivity contribution in [1.29, 1.82) is 0 Å². The van der Waals surface area contributed by atoms with Gasteiger partial charge < -0.3 is 9.84 Å². The lowest BCUT2D eigenvalue weighted by Crippen LogP contribution is -2.59. The Bertz CT molecular complexity index is 1110. The van der Waals surface area contributed by atoms with Crippen molar-refractivity contribution in [3.63, 3.8) is 0 Å². The van der Waals surface area contributed by atoms with Crippen LogP contribution in [0.2, 0.25) is 0 Å². The minimum Gasteiger partial charge on any atom is -0.475 e. The molecule has 3 aliphatic heterocycles. The molecule has 1 N–H and O–H groups in total. The highest BCUT2D eigenvalue weighted by Crippen LogP contribution is 2.58. The fourth-order valence-electron chi connectivity index (χ4n) is 6.62. The molecular weight excluding hydrogens is 537 g/mol. The number of alkyl halides is 3. The molecular formula is C27H33F3N2O6S. The molecule has 8 nitrogen and oxygen atoms in total. The highest BCUT2D eigenvalue weighted by atomic mass is 32.2. The number of nitrogens with zero attached hydrogens (tertiary/aromatic N) is 2. The molecule has 4 aliphatic rings. The summed E-state index contributed by atoms with van der Waals surface area (Å²) in [7, 11) is 2.93. The number of amides is 2. The molecule has 0 spiro atoms. The van der Waals surface area contributed by atoms with E-state index in [0.717, 1.165) is 18.4 Å². The Kier molecular flexibility index (Phi) is 8.65. The van der Waals surface area contributed by atoms with Crippen molar-refractivity contribution in [3.05, 3.63) is 29.8 Å². The maximum atomic E-state index is 13.2. The summed E-state index contributed by atoms with van der Waals surface area (Å²) in [4.78, 5) is 53.1. The first-order valence-electron chi connectivity index (χ1n) is 13.2. The highest BCUT2D eigenvalue weighted by molar-refractivity contribution is 8.00. The lowest BCUT2D eigenvalue weighted by molar-refractivity contribution is -0.192. The van der Waals surface area contributed by atoms with Crippen molar-refractivity contribution in [2.45, 2.75) is 79.3 Å². The number of carboxylic acid groups (broad SMARTS) is 1. The molecule has 1 saturated carbocycles. The van der Waals surface area contributed by atoms with Crippen molar-refractivity contribution < 1.29 is 42.2 Å². The Morgan fingerprint density at radius 2 is 1.64 bits per heavy atom. The van der Waals surface area contributed by atoms with Crippen LogP contribution in [0.25, 0.3) is 0 Å². The number of methoxy groups -OCH3 is 1. The number of ether oxygens (including phenoxy) is 1. The second-order valence-corrected chi connectivity index (χ2v) is 11.9. The molecule has 4 atom stereocenters. The quantitative estimate of drug-likeness (QED) is 0.419. The molecule has 12 heteroatoms. The third kappa shape index (κ3) is 5.41. The van der Waals surface area contributed by atoms with Gasteiger partial charge in [-0.2, -0.15) is 13.2 Å². The van der Waals surface area contributed by atoms with Crippen molar-refractivity contribution >= 4 is 35.5 Å². The van der Waals surface area contributed by atoms with Crippen LogP contribution in [0.1, 0.15) is 63.0 Å². The van der Waals surface area contributed by atoms with Crippen LogP contribution in [0.4, 0.5) is 13.2 Å². The number of hydrogen-bond donors (Lipinski definition) is 1. The Balaban J connectivity index is 0.000000448.